The number of carboxylic acid groups (broad SMARTS) is 2. The van der Waals surface area contributed by atoms with Crippen LogP contribution in [0.5, 0.6) is 0 Å². The van der Waals surface area contributed by atoms with Crippen molar-refractivity contribution in [2.24, 2.45) is 5.73 Å². The minimum absolute atomic E-state index is 0.289. The van der Waals surface area contributed by atoms with Crippen molar-refractivity contribution in [3.05, 3.63) is 0 Å². The number of imide groups is 1. The fourth-order valence-electron chi connectivity index (χ4n) is 1.46. The second-order valence-electron chi connectivity index (χ2n) is 3.36. The Labute approximate surface area is 89.6 Å². The number of aliphatic carboxylic acids is 2. The van der Waals surface area contributed by atoms with E-state index >= 15 is 0 Å². The molecule has 0 aliphatic carbocycles. The number of nitrogens with zero attached hydrogens (tertiary/aromatic N) is 1. The molecular weight excluding hydrogens is 220 g/mol. The summed E-state index contributed by atoms with van der Waals surface area (Å²) in [6.45, 7) is 0. The molecule has 8 nitrogen and oxygen atoms in total. The number of carboxylic acids is 2. The third-order valence-corrected chi connectivity index (χ3v) is 2.18. The number of rotatable bonds is 4. The Bertz CT molecular complexity index is 366. The molecule has 1 fully saturated rings. The Kier molecular flexibility index (Phi) is 3.23. The minimum atomic E-state index is -1.69. The Balaban J connectivity index is 2.94. The van der Waals surface area contributed by atoms with Gasteiger partial charge in [0, 0.05) is 0 Å². The molecule has 16 heavy (non-hydrogen) atoms. The highest BCUT2D eigenvalue weighted by Crippen LogP contribution is 2.17. The normalized spacial score (nSPS) is 22.3. The van der Waals surface area contributed by atoms with Crippen molar-refractivity contribution in [1.82, 2.24) is 4.90 Å². The first-order chi connectivity index (χ1) is 7.34. The van der Waals surface area contributed by atoms with Crippen LogP contribution in [0.4, 0.5) is 0 Å². The summed E-state index contributed by atoms with van der Waals surface area (Å²) < 4.78 is 0. The third kappa shape index (κ3) is 2.16. The molecule has 2 unspecified atom stereocenters. The average Bonchev–Trinajstić information content (AvgIpc) is 2.38. The lowest BCUT2D eigenvalue weighted by atomic mass is 10.2. The predicted octanol–water partition coefficient (Wildman–Crippen LogP) is -2.00. The van der Waals surface area contributed by atoms with Crippen LogP contribution in [0.25, 0.3) is 0 Å². The van der Waals surface area contributed by atoms with Gasteiger partial charge in [-0.25, -0.2) is 4.79 Å². The maximum Gasteiger partial charge on any atom is 0.327 e. The Morgan fingerprint density at radius 1 is 1.44 bits per heavy atom. The SMILES string of the molecule is NC1CC(=O)N(C(CC(=O)O)C(=O)O)C1=O. The van der Waals surface area contributed by atoms with Crippen LogP contribution in [0.3, 0.4) is 0 Å². The van der Waals surface area contributed by atoms with Crippen molar-refractivity contribution in [3.63, 3.8) is 0 Å². The number of carbonyl (C=O) groups is 4. The van der Waals surface area contributed by atoms with E-state index in [9.17, 15) is 19.2 Å². The van der Waals surface area contributed by atoms with Gasteiger partial charge in [0.1, 0.15) is 6.04 Å². The molecule has 4 N–H and O–H groups in total. The first kappa shape index (κ1) is 12.1. The smallest absolute Gasteiger partial charge is 0.327 e. The van der Waals surface area contributed by atoms with Gasteiger partial charge in [-0.1, -0.05) is 0 Å². The summed E-state index contributed by atoms with van der Waals surface area (Å²) in [7, 11) is 0. The van der Waals surface area contributed by atoms with Crippen molar-refractivity contribution in [2.45, 2.75) is 24.9 Å². The van der Waals surface area contributed by atoms with Crippen LogP contribution < -0.4 is 5.73 Å². The van der Waals surface area contributed by atoms with Gasteiger partial charge in [0.2, 0.25) is 11.8 Å². The van der Waals surface area contributed by atoms with E-state index in [0.29, 0.717) is 4.90 Å². The minimum Gasteiger partial charge on any atom is -0.481 e. The molecule has 1 saturated heterocycles. The lowest BCUT2D eigenvalue weighted by Gasteiger charge is -2.20. The quantitative estimate of drug-likeness (QED) is 0.475. The summed E-state index contributed by atoms with van der Waals surface area (Å²) >= 11 is 0. The van der Waals surface area contributed by atoms with Crippen LogP contribution >= 0.6 is 0 Å². The molecule has 2 amide bonds. The molecule has 2 atom stereocenters. The van der Waals surface area contributed by atoms with Gasteiger partial charge in [0.15, 0.2) is 0 Å². The van der Waals surface area contributed by atoms with E-state index < -0.39 is 42.3 Å². The van der Waals surface area contributed by atoms with Crippen LogP contribution in [0, 0.1) is 0 Å². The average molecular weight is 230 g/mol. The summed E-state index contributed by atoms with van der Waals surface area (Å²) in [6, 6.07) is -2.77. The van der Waals surface area contributed by atoms with E-state index in [0.717, 1.165) is 0 Å². The molecule has 1 aliphatic heterocycles. The van der Waals surface area contributed by atoms with Crippen LogP contribution in [0.2, 0.25) is 0 Å². The lowest BCUT2D eigenvalue weighted by molar-refractivity contribution is -0.157. The van der Waals surface area contributed by atoms with Gasteiger partial charge in [0.25, 0.3) is 0 Å². The Morgan fingerprint density at radius 3 is 2.31 bits per heavy atom. The van der Waals surface area contributed by atoms with Crippen LogP contribution in [0.1, 0.15) is 12.8 Å². The summed E-state index contributed by atoms with van der Waals surface area (Å²) in [5.41, 5.74) is 5.28. The number of hydrogen-bond acceptors (Lipinski definition) is 5. The van der Waals surface area contributed by atoms with Crippen molar-refractivity contribution < 1.29 is 29.4 Å². The van der Waals surface area contributed by atoms with E-state index in [2.05, 4.69) is 0 Å². The maximum absolute atomic E-state index is 11.4. The van der Waals surface area contributed by atoms with E-state index in [1.54, 1.807) is 0 Å². The largest absolute Gasteiger partial charge is 0.481 e. The highest BCUT2D eigenvalue weighted by molar-refractivity contribution is 6.08. The monoisotopic (exact) mass is 230 g/mol. The third-order valence-electron chi connectivity index (χ3n) is 2.18. The van der Waals surface area contributed by atoms with Crippen molar-refractivity contribution >= 4 is 23.8 Å². The first-order valence-electron chi connectivity index (χ1n) is 4.40. The standard InChI is InChI=1S/C8H10N2O6/c9-3-1-5(11)10(7(3)14)4(8(15)16)2-6(12)13/h3-4H,1-2,9H2,(H,12,13)(H,15,16). The summed E-state index contributed by atoms with van der Waals surface area (Å²) in [4.78, 5) is 44.3. The maximum atomic E-state index is 11.4. The zero-order chi connectivity index (χ0) is 12.5. The molecule has 0 spiro atoms. The van der Waals surface area contributed by atoms with Gasteiger partial charge in [-0.15, -0.1) is 0 Å². The van der Waals surface area contributed by atoms with Gasteiger partial charge in [-0.3, -0.25) is 19.3 Å². The summed E-state index contributed by atoms with van der Waals surface area (Å²) in [6.07, 6.45) is -1.12. The first-order valence-corrected chi connectivity index (χ1v) is 4.40. The number of amides is 2. The zero-order valence-electron chi connectivity index (χ0n) is 8.12. The van der Waals surface area contributed by atoms with Gasteiger partial charge >= 0.3 is 11.9 Å². The molecule has 0 bridgehead atoms. The molecule has 8 heteroatoms. The topological polar surface area (TPSA) is 138 Å². The zero-order valence-corrected chi connectivity index (χ0v) is 8.12. The Hall–Kier alpha value is -1.96. The Morgan fingerprint density at radius 2 is 2.00 bits per heavy atom. The molecule has 0 aromatic rings. The van der Waals surface area contributed by atoms with E-state index in [-0.39, 0.29) is 6.42 Å². The fraction of sp³-hybridized carbons (Fsp3) is 0.500. The van der Waals surface area contributed by atoms with Gasteiger partial charge in [-0.05, 0) is 0 Å². The molecule has 0 radical (unpaired) electrons. The molecular formula is C8H10N2O6. The fourth-order valence-corrected chi connectivity index (χ4v) is 1.46. The van der Waals surface area contributed by atoms with Crippen LogP contribution in [0.15, 0.2) is 0 Å². The predicted molar refractivity (Wildman–Crippen MR) is 48.1 cm³/mol. The highest BCUT2D eigenvalue weighted by Gasteiger charge is 2.44. The second-order valence-corrected chi connectivity index (χ2v) is 3.36. The molecule has 0 saturated carbocycles. The molecule has 1 rings (SSSR count). The molecule has 1 heterocycles. The number of nitrogens with two attached hydrogens (primary N) is 1. The van der Waals surface area contributed by atoms with Crippen molar-refractivity contribution in [2.75, 3.05) is 0 Å². The highest BCUT2D eigenvalue weighted by atomic mass is 16.4. The lowest BCUT2D eigenvalue weighted by Crippen LogP contribution is -2.47. The number of carbonyl (C=O) groups excluding carboxylic acids is 2. The second kappa shape index (κ2) is 4.27. The van der Waals surface area contributed by atoms with Gasteiger partial charge < -0.3 is 15.9 Å². The molecule has 88 valence electrons. The van der Waals surface area contributed by atoms with Crippen molar-refractivity contribution in [3.8, 4) is 0 Å². The number of hydrogen-bond donors (Lipinski definition) is 3. The van der Waals surface area contributed by atoms with Gasteiger partial charge in [0.05, 0.1) is 18.9 Å². The number of likely N-dealkylation sites (tertiary alicyclic amines) is 1. The molecule has 1 aliphatic rings. The van der Waals surface area contributed by atoms with Crippen LogP contribution in [-0.4, -0.2) is 50.9 Å². The van der Waals surface area contributed by atoms with E-state index in [4.69, 9.17) is 15.9 Å². The van der Waals surface area contributed by atoms with E-state index in [1.165, 1.54) is 0 Å². The molecule has 0 aromatic heterocycles. The molecule has 0 aromatic carbocycles. The van der Waals surface area contributed by atoms with Crippen LogP contribution in [-0.2, 0) is 19.2 Å². The van der Waals surface area contributed by atoms with Crippen molar-refractivity contribution in [1.29, 1.82) is 0 Å². The summed E-state index contributed by atoms with van der Waals surface area (Å²) in [5.74, 6) is -4.56. The summed E-state index contributed by atoms with van der Waals surface area (Å²) in [5, 5.41) is 17.2. The van der Waals surface area contributed by atoms with Gasteiger partial charge in [-0.2, -0.15) is 0 Å². The van der Waals surface area contributed by atoms with E-state index in [1.807, 2.05) is 0 Å².